The van der Waals surface area contributed by atoms with Gasteiger partial charge in [0.25, 0.3) is 0 Å². The topological polar surface area (TPSA) is 243 Å². The highest BCUT2D eigenvalue weighted by atomic mass is 16.4. The monoisotopic (exact) mass is 501 g/mol. The highest BCUT2D eigenvalue weighted by molar-refractivity contribution is 5.94. The van der Waals surface area contributed by atoms with Crippen LogP contribution in [0.4, 0.5) is 0 Å². The van der Waals surface area contributed by atoms with E-state index in [9.17, 15) is 33.6 Å². The molecule has 0 unspecified atom stereocenters. The van der Waals surface area contributed by atoms with Crippen molar-refractivity contribution in [2.24, 2.45) is 11.5 Å². The highest BCUT2D eigenvalue weighted by Crippen LogP contribution is 2.01. The van der Waals surface area contributed by atoms with Crippen LogP contribution in [0.3, 0.4) is 0 Å². The van der Waals surface area contributed by atoms with Crippen molar-refractivity contribution in [3.63, 3.8) is 0 Å². The molecule has 35 heavy (non-hydrogen) atoms. The number of likely N-dealkylation sites (N-methyl/N-ethyl adjacent to an activating group) is 1. The van der Waals surface area contributed by atoms with Gasteiger partial charge >= 0.3 is 5.97 Å². The average molecular weight is 502 g/mol. The Bertz CT molecular complexity index is 775. The number of aliphatic carboxylic acids is 1. The summed E-state index contributed by atoms with van der Waals surface area (Å²) in [5.41, 5.74) is 10.7. The molecule has 0 aromatic rings. The first-order chi connectivity index (χ1) is 16.4. The summed E-state index contributed by atoms with van der Waals surface area (Å²) >= 11 is 0. The number of carboxylic acids is 1. The van der Waals surface area contributed by atoms with Gasteiger partial charge in [0.1, 0.15) is 12.3 Å². The molecular weight excluding hydrogens is 466 g/mol. The van der Waals surface area contributed by atoms with Crippen LogP contribution in [0, 0.1) is 0 Å². The Morgan fingerprint density at radius 2 is 1.60 bits per heavy atom. The third-order valence-electron chi connectivity index (χ3n) is 4.53. The van der Waals surface area contributed by atoms with Crippen LogP contribution in [0.15, 0.2) is 0 Å². The zero-order valence-corrected chi connectivity index (χ0v) is 19.9. The number of carboxylic acid groups (broad SMARTS) is 1. The summed E-state index contributed by atoms with van der Waals surface area (Å²) in [6, 6.07) is -3.10. The van der Waals surface area contributed by atoms with Crippen molar-refractivity contribution in [3.05, 3.63) is 0 Å². The molecule has 198 valence electrons. The molecule has 9 N–H and O–H groups in total. The third-order valence-corrected chi connectivity index (χ3v) is 4.53. The molecule has 0 rings (SSSR count). The zero-order chi connectivity index (χ0) is 27.0. The van der Waals surface area contributed by atoms with E-state index in [1.165, 1.54) is 14.0 Å². The van der Waals surface area contributed by atoms with Crippen molar-refractivity contribution in [1.82, 2.24) is 26.2 Å². The van der Waals surface area contributed by atoms with Gasteiger partial charge in [0.2, 0.25) is 29.5 Å². The number of amides is 5. The Labute approximate surface area is 202 Å². The molecule has 3 atom stereocenters. The Kier molecular flexibility index (Phi) is 15.2. The van der Waals surface area contributed by atoms with E-state index in [1.54, 1.807) is 0 Å². The van der Waals surface area contributed by atoms with Gasteiger partial charge in [-0.05, 0) is 32.7 Å². The van der Waals surface area contributed by atoms with Crippen molar-refractivity contribution < 1.29 is 38.7 Å². The van der Waals surface area contributed by atoms with Gasteiger partial charge in [-0.15, -0.1) is 0 Å². The molecule has 0 aromatic heterocycles. The van der Waals surface area contributed by atoms with Crippen molar-refractivity contribution in [2.75, 3.05) is 33.2 Å². The van der Waals surface area contributed by atoms with Crippen LogP contribution in [-0.2, 0) is 33.6 Å². The number of hydrogen-bond donors (Lipinski definition) is 7. The maximum absolute atomic E-state index is 12.6. The standard InChI is InChI=1S/C20H35N7O8/c1-12(22)19(34)24-8-15(29)23-9-16(30)26-14(7-18(32)33)20(35)27(2)10-17(31)25-13(11-28)5-3-4-6-21/h11-14H,3-10,21-22H2,1-2H3,(H,23,29)(H,24,34)(H,25,31)(H,26,30)(H,32,33)/t12-,13-,14-/m0/s1. The molecule has 0 bridgehead atoms. The molecule has 0 saturated carbocycles. The molecule has 0 spiro atoms. The quantitative estimate of drug-likeness (QED) is 0.0748. The van der Waals surface area contributed by atoms with Crippen molar-refractivity contribution in [1.29, 1.82) is 0 Å². The lowest BCUT2D eigenvalue weighted by molar-refractivity contribution is -0.144. The number of nitrogens with one attached hydrogen (secondary N) is 4. The number of nitrogens with two attached hydrogens (primary N) is 2. The molecule has 0 saturated heterocycles. The lowest BCUT2D eigenvalue weighted by atomic mass is 10.1. The van der Waals surface area contributed by atoms with Gasteiger partial charge in [-0.25, -0.2) is 0 Å². The van der Waals surface area contributed by atoms with E-state index in [0.29, 0.717) is 32.1 Å². The van der Waals surface area contributed by atoms with Crippen molar-refractivity contribution in [2.45, 2.75) is 50.7 Å². The molecule has 0 aliphatic heterocycles. The molecule has 0 fully saturated rings. The van der Waals surface area contributed by atoms with E-state index in [4.69, 9.17) is 16.6 Å². The minimum atomic E-state index is -1.51. The number of carbonyl (C=O) groups excluding carboxylic acids is 6. The van der Waals surface area contributed by atoms with Crippen LogP contribution in [-0.4, -0.2) is 103 Å². The first kappa shape index (κ1) is 31.4. The average Bonchev–Trinajstić information content (AvgIpc) is 2.79. The van der Waals surface area contributed by atoms with Crippen LogP contribution in [0.2, 0.25) is 0 Å². The Morgan fingerprint density at radius 3 is 2.14 bits per heavy atom. The lowest BCUT2D eigenvalue weighted by Crippen LogP contribution is -2.53. The Hall–Kier alpha value is -3.59. The molecule has 0 aromatic carbocycles. The Morgan fingerprint density at radius 1 is 0.971 bits per heavy atom. The maximum Gasteiger partial charge on any atom is 0.305 e. The van der Waals surface area contributed by atoms with Gasteiger partial charge < -0.3 is 47.5 Å². The molecule has 5 amide bonds. The fourth-order valence-corrected chi connectivity index (χ4v) is 2.68. The summed E-state index contributed by atoms with van der Waals surface area (Å²) in [6.45, 7) is 0.357. The normalized spacial score (nSPS) is 12.9. The number of hydrogen-bond acceptors (Lipinski definition) is 9. The van der Waals surface area contributed by atoms with Crippen LogP contribution in [0.5, 0.6) is 0 Å². The predicted molar refractivity (Wildman–Crippen MR) is 122 cm³/mol. The minimum Gasteiger partial charge on any atom is -0.481 e. The van der Waals surface area contributed by atoms with Gasteiger partial charge in [0.05, 0.1) is 38.1 Å². The fraction of sp³-hybridized carbons (Fsp3) is 0.650. The molecule has 0 heterocycles. The SMILES string of the molecule is C[C@H](N)C(=O)NCC(=O)NCC(=O)N[C@@H](CC(=O)O)C(=O)N(C)CC(=O)N[C@H](C=O)CCCCN. The lowest BCUT2D eigenvalue weighted by Gasteiger charge is -2.24. The first-order valence-electron chi connectivity index (χ1n) is 10.9. The maximum atomic E-state index is 12.6. The van der Waals surface area contributed by atoms with Crippen molar-refractivity contribution >= 4 is 41.8 Å². The smallest absolute Gasteiger partial charge is 0.305 e. The van der Waals surface area contributed by atoms with E-state index in [0.717, 1.165) is 4.90 Å². The molecule has 15 nitrogen and oxygen atoms in total. The second-order valence-electron chi connectivity index (χ2n) is 7.79. The van der Waals surface area contributed by atoms with Crippen LogP contribution in [0.1, 0.15) is 32.6 Å². The number of aldehydes is 1. The van der Waals surface area contributed by atoms with E-state index in [2.05, 4.69) is 21.3 Å². The fourth-order valence-electron chi connectivity index (χ4n) is 2.68. The molecular formula is C20H35N7O8. The molecule has 0 aliphatic carbocycles. The van der Waals surface area contributed by atoms with Crippen LogP contribution >= 0.6 is 0 Å². The van der Waals surface area contributed by atoms with E-state index in [-0.39, 0.29) is 0 Å². The van der Waals surface area contributed by atoms with Crippen LogP contribution < -0.4 is 32.7 Å². The summed E-state index contributed by atoms with van der Waals surface area (Å²) in [4.78, 5) is 83.2. The van der Waals surface area contributed by atoms with Gasteiger partial charge in [-0.2, -0.15) is 0 Å². The number of nitrogens with zero attached hydrogens (tertiary/aromatic N) is 1. The van der Waals surface area contributed by atoms with Crippen LogP contribution in [0.25, 0.3) is 0 Å². The summed E-state index contributed by atoms with van der Waals surface area (Å²) < 4.78 is 0. The van der Waals surface area contributed by atoms with E-state index < -0.39 is 79.7 Å². The summed E-state index contributed by atoms with van der Waals surface area (Å²) in [5, 5.41) is 18.2. The molecule has 0 radical (unpaired) electrons. The van der Waals surface area contributed by atoms with E-state index in [1.807, 2.05) is 0 Å². The van der Waals surface area contributed by atoms with Gasteiger partial charge in [0, 0.05) is 7.05 Å². The summed E-state index contributed by atoms with van der Waals surface area (Å²) in [7, 11) is 1.23. The zero-order valence-electron chi connectivity index (χ0n) is 19.9. The summed E-state index contributed by atoms with van der Waals surface area (Å²) in [6.07, 6.45) is 1.47. The number of carbonyl (C=O) groups is 7. The predicted octanol–water partition coefficient (Wildman–Crippen LogP) is -4.20. The second kappa shape index (κ2) is 16.9. The minimum absolute atomic E-state index is 0.377. The number of unbranched alkanes of at least 4 members (excludes halogenated alkanes) is 1. The second-order valence-corrected chi connectivity index (χ2v) is 7.79. The summed E-state index contributed by atoms with van der Waals surface area (Å²) in [5.74, 6) is -5.04. The Balaban J connectivity index is 4.82. The van der Waals surface area contributed by atoms with Gasteiger partial charge in [-0.3, -0.25) is 28.8 Å². The van der Waals surface area contributed by atoms with Gasteiger partial charge in [-0.1, -0.05) is 0 Å². The van der Waals surface area contributed by atoms with E-state index >= 15 is 0 Å². The molecule has 15 heteroatoms. The largest absolute Gasteiger partial charge is 0.481 e. The highest BCUT2D eigenvalue weighted by Gasteiger charge is 2.28. The molecule has 0 aliphatic rings. The number of rotatable bonds is 17. The first-order valence-corrected chi connectivity index (χ1v) is 10.9. The third kappa shape index (κ3) is 14.3. The van der Waals surface area contributed by atoms with Gasteiger partial charge in [0.15, 0.2) is 0 Å². The van der Waals surface area contributed by atoms with Crippen molar-refractivity contribution in [3.8, 4) is 0 Å².